The molecule has 5 rings (SSSR count). The van der Waals surface area contributed by atoms with Crippen molar-refractivity contribution in [1.82, 2.24) is 10.2 Å². The summed E-state index contributed by atoms with van der Waals surface area (Å²) in [6, 6.07) is 17.1. The molecule has 3 unspecified atom stereocenters. The molecule has 2 aromatic carbocycles. The molecular weight excluding hydrogens is 661 g/mol. The van der Waals surface area contributed by atoms with Crippen molar-refractivity contribution in [2.24, 2.45) is 20.9 Å². The predicted octanol–water partition coefficient (Wildman–Crippen LogP) is 3.56. The van der Waals surface area contributed by atoms with Crippen molar-refractivity contribution in [1.29, 1.82) is 0 Å². The molecular formula is C33H34N4O9S2. The highest BCUT2D eigenvalue weighted by Gasteiger charge is 2.54. The van der Waals surface area contributed by atoms with Crippen LogP contribution in [0.15, 0.2) is 93.1 Å². The third-order valence-corrected chi connectivity index (χ3v) is 9.60. The predicted molar refractivity (Wildman–Crippen MR) is 177 cm³/mol. The summed E-state index contributed by atoms with van der Waals surface area (Å²) in [5.41, 5.74) is 2.11. The zero-order valence-electron chi connectivity index (χ0n) is 26.6. The highest BCUT2D eigenvalue weighted by atomic mass is 32.2. The highest BCUT2D eigenvalue weighted by Crippen LogP contribution is 2.38. The molecule has 0 aromatic heterocycles. The van der Waals surface area contributed by atoms with Crippen molar-refractivity contribution in [3.8, 4) is 0 Å². The van der Waals surface area contributed by atoms with E-state index in [4.69, 9.17) is 19.0 Å². The second kappa shape index (κ2) is 15.1. The SMILES string of the molecule is CON=S1C=NC(C(C(=O)NC2C(=O)N3C(C(=O)OCOC(=O)C(C)(C)C)=CCS[C@H]23)C(=O)OC(c2ccccc2)c2ccccc2)=C1. The van der Waals surface area contributed by atoms with Crippen LogP contribution in [0.5, 0.6) is 0 Å². The average Bonchev–Trinajstić information content (AvgIpc) is 3.53. The summed E-state index contributed by atoms with van der Waals surface area (Å²) in [6.45, 7) is 4.37. The topological polar surface area (TPSA) is 162 Å². The maximum absolute atomic E-state index is 13.9. The van der Waals surface area contributed by atoms with Gasteiger partial charge < -0.3 is 19.5 Å². The first-order valence-corrected chi connectivity index (χ1v) is 17.2. The van der Waals surface area contributed by atoms with Gasteiger partial charge in [-0.05, 0) is 38.0 Å². The molecule has 1 saturated heterocycles. The minimum atomic E-state index is -1.55. The van der Waals surface area contributed by atoms with Gasteiger partial charge in [0.1, 0.15) is 17.1 Å². The third kappa shape index (κ3) is 7.75. The zero-order chi connectivity index (χ0) is 34.4. The molecule has 0 saturated carbocycles. The van der Waals surface area contributed by atoms with Gasteiger partial charge in [-0.1, -0.05) is 60.7 Å². The van der Waals surface area contributed by atoms with Crippen LogP contribution in [0.4, 0.5) is 0 Å². The fourth-order valence-electron chi connectivity index (χ4n) is 4.89. The number of carbonyl (C=O) groups excluding carboxylic acids is 5. The number of ether oxygens (including phenoxy) is 3. The summed E-state index contributed by atoms with van der Waals surface area (Å²) in [6.07, 6.45) is 0.691. The second-order valence-corrected chi connectivity index (χ2v) is 14.1. The number of hydrogen-bond acceptors (Lipinski definition) is 12. The summed E-state index contributed by atoms with van der Waals surface area (Å²) in [5.74, 6) is -4.89. The molecule has 0 radical (unpaired) electrons. The van der Waals surface area contributed by atoms with E-state index in [1.165, 1.54) is 40.8 Å². The van der Waals surface area contributed by atoms with Gasteiger partial charge in [-0.3, -0.25) is 29.1 Å². The molecule has 3 aliphatic rings. The Labute approximate surface area is 283 Å². The minimum Gasteiger partial charge on any atom is -0.452 e. The maximum atomic E-state index is 13.9. The normalized spacial score (nSPS) is 20.6. The van der Waals surface area contributed by atoms with Crippen LogP contribution in [0.3, 0.4) is 0 Å². The van der Waals surface area contributed by atoms with Gasteiger partial charge in [0.15, 0.2) is 12.0 Å². The molecule has 15 heteroatoms. The van der Waals surface area contributed by atoms with Crippen LogP contribution < -0.4 is 5.32 Å². The van der Waals surface area contributed by atoms with Gasteiger partial charge in [-0.25, -0.2) is 9.63 Å². The first-order valence-electron chi connectivity index (χ1n) is 14.8. The Kier molecular flexibility index (Phi) is 10.9. The summed E-state index contributed by atoms with van der Waals surface area (Å²) in [4.78, 5) is 76.3. The number of thioether (sulfide) groups is 1. The lowest BCUT2D eigenvalue weighted by Crippen LogP contribution is -2.70. The van der Waals surface area contributed by atoms with Crippen LogP contribution >= 0.6 is 11.8 Å². The average molecular weight is 695 g/mol. The number of β-lactam (4-membered cyclic amide) rings is 1. The molecule has 1 N–H and O–H groups in total. The van der Waals surface area contributed by atoms with Crippen LogP contribution in [0.2, 0.25) is 0 Å². The third-order valence-electron chi connectivity index (χ3n) is 7.29. The Bertz CT molecular complexity index is 1660. The molecule has 4 atom stereocenters. The number of amides is 2. The molecule has 0 spiro atoms. The molecule has 3 heterocycles. The summed E-state index contributed by atoms with van der Waals surface area (Å²) in [5, 5.41) is 3.56. The fourth-order valence-corrected chi connectivity index (χ4v) is 7.08. The quantitative estimate of drug-likeness (QED) is 0.121. The number of esters is 3. The van der Waals surface area contributed by atoms with Crippen LogP contribution in [0.1, 0.15) is 38.0 Å². The van der Waals surface area contributed by atoms with Crippen molar-refractivity contribution in [2.75, 3.05) is 19.7 Å². The standard InChI is InChI=1S/C33H34N4O9S2/c1-33(2,3)32(42)45-19-44-30(40)23-15-16-47-29-25(28(39)37(23)29)35-27(38)24(22-17-48(18-34-22)36-43-4)31(41)46-26(20-11-7-5-8-12-20)21-13-9-6-10-14-21/h5-15,17-18,24-26,29H,16,19H2,1-4H3,(H,35,38)/t24?,25?,29-,48?/m1/s1. The van der Waals surface area contributed by atoms with E-state index >= 15 is 0 Å². The van der Waals surface area contributed by atoms with E-state index in [1.54, 1.807) is 20.8 Å². The summed E-state index contributed by atoms with van der Waals surface area (Å²) >= 11 is 1.31. The Hall–Kier alpha value is -4.60. The largest absolute Gasteiger partial charge is 0.452 e. The van der Waals surface area contributed by atoms with Gasteiger partial charge in [0.05, 0.1) is 23.8 Å². The lowest BCUT2D eigenvalue weighted by Gasteiger charge is -2.48. The number of aliphatic imine (C=N–C) groups is 1. The fraction of sp³-hybridized carbons (Fsp3) is 0.333. The Morgan fingerprint density at radius 1 is 1.04 bits per heavy atom. The van der Waals surface area contributed by atoms with Crippen molar-refractivity contribution < 1.29 is 43.0 Å². The number of hydrogen-bond donors (Lipinski definition) is 1. The van der Waals surface area contributed by atoms with E-state index in [9.17, 15) is 24.0 Å². The minimum absolute atomic E-state index is 0.0288. The van der Waals surface area contributed by atoms with E-state index in [-0.39, 0.29) is 11.4 Å². The molecule has 0 bridgehead atoms. The molecule has 13 nitrogen and oxygen atoms in total. The molecule has 3 aliphatic heterocycles. The van der Waals surface area contributed by atoms with Gasteiger partial charge in [0.2, 0.25) is 12.7 Å². The maximum Gasteiger partial charge on any atom is 0.357 e. The van der Waals surface area contributed by atoms with Crippen molar-refractivity contribution in [2.45, 2.75) is 38.3 Å². The first kappa shape index (κ1) is 34.7. The van der Waals surface area contributed by atoms with Crippen LogP contribution in [-0.4, -0.2) is 71.2 Å². The first-order chi connectivity index (χ1) is 23.0. The Balaban J connectivity index is 1.32. The number of nitrogens with one attached hydrogen (secondary N) is 1. The van der Waals surface area contributed by atoms with Crippen molar-refractivity contribution in [3.05, 3.63) is 94.7 Å². The van der Waals surface area contributed by atoms with Crippen molar-refractivity contribution >= 4 is 57.7 Å². The van der Waals surface area contributed by atoms with E-state index in [0.717, 1.165) is 0 Å². The monoisotopic (exact) mass is 694 g/mol. The summed E-state index contributed by atoms with van der Waals surface area (Å²) in [7, 11) is 0.438. The lowest BCUT2D eigenvalue weighted by atomic mass is 9.98. The molecule has 2 aromatic rings. The van der Waals surface area contributed by atoms with Gasteiger partial charge in [0.25, 0.3) is 5.91 Å². The number of carbonyl (C=O) groups is 5. The van der Waals surface area contributed by atoms with Gasteiger partial charge >= 0.3 is 17.9 Å². The molecule has 252 valence electrons. The highest BCUT2D eigenvalue weighted by molar-refractivity contribution is 8.03. The number of nitrogens with zero attached hydrogens (tertiary/aromatic N) is 3. The van der Waals surface area contributed by atoms with Crippen LogP contribution in [-0.2, 0) is 53.7 Å². The number of fused-ring (bicyclic) bond motifs is 1. The van der Waals surface area contributed by atoms with Crippen LogP contribution in [0.25, 0.3) is 0 Å². The lowest BCUT2D eigenvalue weighted by molar-refractivity contribution is -0.173. The van der Waals surface area contributed by atoms with Gasteiger partial charge in [0, 0.05) is 21.9 Å². The zero-order valence-corrected chi connectivity index (χ0v) is 28.2. The Morgan fingerprint density at radius 3 is 2.29 bits per heavy atom. The second-order valence-electron chi connectivity index (χ2n) is 11.7. The Morgan fingerprint density at radius 2 is 1.69 bits per heavy atom. The number of benzene rings is 2. The smallest absolute Gasteiger partial charge is 0.357 e. The van der Waals surface area contributed by atoms with E-state index < -0.39 is 76.1 Å². The van der Waals surface area contributed by atoms with E-state index in [0.29, 0.717) is 16.9 Å². The van der Waals surface area contributed by atoms with Gasteiger partial charge in [-0.15, -0.1) is 16.3 Å². The molecule has 1 fully saturated rings. The molecule has 0 aliphatic carbocycles. The summed E-state index contributed by atoms with van der Waals surface area (Å²) < 4.78 is 20.1. The molecule has 48 heavy (non-hydrogen) atoms. The number of rotatable bonds is 11. The van der Waals surface area contributed by atoms with Gasteiger partial charge in [-0.2, -0.15) is 0 Å². The van der Waals surface area contributed by atoms with Crippen LogP contribution in [0, 0.1) is 11.3 Å². The van der Waals surface area contributed by atoms with E-state index in [1.807, 2.05) is 60.7 Å². The molecule has 2 amide bonds. The van der Waals surface area contributed by atoms with Crippen molar-refractivity contribution in [3.63, 3.8) is 0 Å². The van der Waals surface area contributed by atoms with E-state index in [2.05, 4.69) is 14.8 Å².